The Morgan fingerprint density at radius 1 is 1.16 bits per heavy atom. The molecular weight excluding hydrogens is 240 g/mol. The Morgan fingerprint density at radius 2 is 1.79 bits per heavy atom. The molecule has 0 radical (unpaired) electrons. The van der Waals surface area contributed by atoms with Gasteiger partial charge in [-0.2, -0.15) is 0 Å². The van der Waals surface area contributed by atoms with E-state index >= 15 is 0 Å². The van der Waals surface area contributed by atoms with Crippen molar-refractivity contribution in [3.8, 4) is 5.75 Å². The summed E-state index contributed by atoms with van der Waals surface area (Å²) in [5.41, 5.74) is 3.15. The minimum atomic E-state index is -0.199. The second kappa shape index (κ2) is 6.60. The van der Waals surface area contributed by atoms with Gasteiger partial charge in [0, 0.05) is 0 Å². The number of esters is 1. The summed E-state index contributed by atoms with van der Waals surface area (Å²) in [6.45, 7) is 8.22. The van der Waals surface area contributed by atoms with Crippen molar-refractivity contribution in [2.24, 2.45) is 5.92 Å². The molecule has 106 valence electrons. The van der Waals surface area contributed by atoms with E-state index in [2.05, 4.69) is 13.8 Å². The number of ether oxygens (including phenoxy) is 2. The average molecular weight is 264 g/mol. The Kier molecular flexibility index (Phi) is 5.40. The number of hydrogen-bond acceptors (Lipinski definition) is 3. The molecule has 1 aromatic rings. The number of aryl methyl sites for hydroxylation is 2. The standard InChI is InChI=1S/C16H24O3/c1-10(2)7-14(16(17)19-6)13-8-12(4)15(18-5)9-11(13)3/h8-10,14H,7H2,1-6H3. The third-order valence-corrected chi connectivity index (χ3v) is 3.35. The summed E-state index contributed by atoms with van der Waals surface area (Å²) in [4.78, 5) is 12.0. The van der Waals surface area contributed by atoms with E-state index in [4.69, 9.17) is 9.47 Å². The number of benzene rings is 1. The molecule has 0 spiro atoms. The van der Waals surface area contributed by atoms with Crippen molar-refractivity contribution >= 4 is 5.97 Å². The molecule has 0 bridgehead atoms. The van der Waals surface area contributed by atoms with Gasteiger partial charge < -0.3 is 9.47 Å². The van der Waals surface area contributed by atoms with Gasteiger partial charge in [-0.3, -0.25) is 4.79 Å². The van der Waals surface area contributed by atoms with E-state index in [9.17, 15) is 4.79 Å². The summed E-state index contributed by atoms with van der Waals surface area (Å²) in [6.07, 6.45) is 0.791. The molecule has 0 aromatic heterocycles. The number of rotatable bonds is 5. The fourth-order valence-corrected chi connectivity index (χ4v) is 2.37. The Morgan fingerprint density at radius 3 is 2.26 bits per heavy atom. The third kappa shape index (κ3) is 3.72. The topological polar surface area (TPSA) is 35.5 Å². The summed E-state index contributed by atoms with van der Waals surface area (Å²) in [7, 11) is 3.11. The predicted molar refractivity (Wildman–Crippen MR) is 76.7 cm³/mol. The molecule has 1 aromatic carbocycles. The van der Waals surface area contributed by atoms with E-state index < -0.39 is 0 Å². The molecular formula is C16H24O3. The van der Waals surface area contributed by atoms with E-state index in [1.807, 2.05) is 26.0 Å². The highest BCUT2D eigenvalue weighted by atomic mass is 16.5. The summed E-state index contributed by atoms with van der Waals surface area (Å²) in [5.74, 6) is 0.927. The van der Waals surface area contributed by atoms with E-state index in [0.29, 0.717) is 5.92 Å². The Labute approximate surface area is 115 Å². The number of carbonyl (C=O) groups is 1. The van der Waals surface area contributed by atoms with Crippen molar-refractivity contribution in [1.29, 1.82) is 0 Å². The molecule has 0 aliphatic heterocycles. The van der Waals surface area contributed by atoms with Crippen LogP contribution >= 0.6 is 0 Å². The van der Waals surface area contributed by atoms with Gasteiger partial charge in [0.05, 0.1) is 20.1 Å². The number of hydrogen-bond donors (Lipinski definition) is 0. The highest BCUT2D eigenvalue weighted by Crippen LogP contribution is 2.32. The van der Waals surface area contributed by atoms with Gasteiger partial charge in [0.15, 0.2) is 0 Å². The van der Waals surface area contributed by atoms with E-state index in [-0.39, 0.29) is 11.9 Å². The summed E-state index contributed by atoms with van der Waals surface area (Å²) in [5, 5.41) is 0. The number of methoxy groups -OCH3 is 2. The van der Waals surface area contributed by atoms with Gasteiger partial charge in [-0.25, -0.2) is 0 Å². The molecule has 0 saturated carbocycles. The molecule has 3 nitrogen and oxygen atoms in total. The molecule has 3 heteroatoms. The molecule has 1 atom stereocenters. The van der Waals surface area contributed by atoms with Gasteiger partial charge >= 0.3 is 5.97 Å². The minimum Gasteiger partial charge on any atom is -0.496 e. The van der Waals surface area contributed by atoms with Gasteiger partial charge in [-0.05, 0) is 48.9 Å². The third-order valence-electron chi connectivity index (χ3n) is 3.35. The molecule has 0 saturated heterocycles. The van der Waals surface area contributed by atoms with Gasteiger partial charge in [-0.1, -0.05) is 19.9 Å². The maximum Gasteiger partial charge on any atom is 0.313 e. The van der Waals surface area contributed by atoms with Gasteiger partial charge in [0.2, 0.25) is 0 Å². The van der Waals surface area contributed by atoms with Crippen molar-refractivity contribution in [2.75, 3.05) is 14.2 Å². The fourth-order valence-electron chi connectivity index (χ4n) is 2.37. The molecule has 0 fully saturated rings. The highest BCUT2D eigenvalue weighted by Gasteiger charge is 2.24. The molecule has 0 heterocycles. The van der Waals surface area contributed by atoms with Gasteiger partial charge in [0.1, 0.15) is 5.75 Å². The quantitative estimate of drug-likeness (QED) is 0.762. The number of carbonyl (C=O) groups excluding carboxylic acids is 1. The largest absolute Gasteiger partial charge is 0.496 e. The first-order valence-corrected chi connectivity index (χ1v) is 6.63. The molecule has 1 rings (SSSR count). The van der Waals surface area contributed by atoms with E-state index in [1.54, 1.807) is 7.11 Å². The van der Waals surface area contributed by atoms with Crippen LogP contribution in [0.4, 0.5) is 0 Å². The van der Waals surface area contributed by atoms with Crippen molar-refractivity contribution < 1.29 is 14.3 Å². The van der Waals surface area contributed by atoms with Crippen molar-refractivity contribution in [3.05, 3.63) is 28.8 Å². The van der Waals surface area contributed by atoms with Crippen molar-refractivity contribution in [3.63, 3.8) is 0 Å². The van der Waals surface area contributed by atoms with E-state index in [1.165, 1.54) is 7.11 Å². The molecule has 0 aliphatic rings. The summed E-state index contributed by atoms with van der Waals surface area (Å²) >= 11 is 0. The zero-order valence-electron chi connectivity index (χ0n) is 12.7. The second-order valence-corrected chi connectivity index (χ2v) is 5.38. The van der Waals surface area contributed by atoms with Crippen LogP contribution < -0.4 is 4.74 Å². The molecule has 0 aliphatic carbocycles. The van der Waals surface area contributed by atoms with Crippen molar-refractivity contribution in [2.45, 2.75) is 40.0 Å². The Hall–Kier alpha value is -1.51. The normalized spacial score (nSPS) is 12.4. The van der Waals surface area contributed by atoms with Crippen LogP contribution in [-0.2, 0) is 9.53 Å². The lowest BCUT2D eigenvalue weighted by Crippen LogP contribution is -2.17. The Bertz CT molecular complexity index is 450. The highest BCUT2D eigenvalue weighted by molar-refractivity contribution is 5.78. The van der Waals surface area contributed by atoms with Crippen LogP contribution in [0.1, 0.15) is 42.9 Å². The van der Waals surface area contributed by atoms with Gasteiger partial charge in [-0.15, -0.1) is 0 Å². The van der Waals surface area contributed by atoms with Crippen LogP contribution in [0.25, 0.3) is 0 Å². The Balaban J connectivity index is 3.22. The molecule has 0 N–H and O–H groups in total. The lowest BCUT2D eigenvalue weighted by molar-refractivity contribution is -0.142. The van der Waals surface area contributed by atoms with Crippen LogP contribution in [0.5, 0.6) is 5.75 Å². The monoisotopic (exact) mass is 264 g/mol. The van der Waals surface area contributed by atoms with Crippen molar-refractivity contribution in [1.82, 2.24) is 0 Å². The second-order valence-electron chi connectivity index (χ2n) is 5.38. The van der Waals surface area contributed by atoms with Crippen LogP contribution in [-0.4, -0.2) is 20.2 Å². The maximum absolute atomic E-state index is 12.0. The summed E-state index contributed by atoms with van der Waals surface area (Å²) < 4.78 is 10.3. The first-order chi connectivity index (χ1) is 8.90. The first-order valence-electron chi connectivity index (χ1n) is 6.63. The van der Waals surface area contributed by atoms with E-state index in [0.717, 1.165) is 28.9 Å². The smallest absolute Gasteiger partial charge is 0.313 e. The predicted octanol–water partition coefficient (Wildman–Crippen LogP) is 3.61. The zero-order chi connectivity index (χ0) is 14.6. The van der Waals surface area contributed by atoms with Crippen LogP contribution in [0.15, 0.2) is 12.1 Å². The van der Waals surface area contributed by atoms with Crippen LogP contribution in [0.3, 0.4) is 0 Å². The van der Waals surface area contributed by atoms with Crippen LogP contribution in [0, 0.1) is 19.8 Å². The minimum absolute atomic E-state index is 0.165. The summed E-state index contributed by atoms with van der Waals surface area (Å²) in [6, 6.07) is 4.03. The van der Waals surface area contributed by atoms with Crippen LogP contribution in [0.2, 0.25) is 0 Å². The SMILES string of the molecule is COC(=O)C(CC(C)C)c1cc(C)c(OC)cc1C. The molecule has 1 unspecified atom stereocenters. The average Bonchev–Trinajstić information content (AvgIpc) is 2.37. The first kappa shape index (κ1) is 15.5. The maximum atomic E-state index is 12.0. The lowest BCUT2D eigenvalue weighted by atomic mass is 9.86. The zero-order valence-corrected chi connectivity index (χ0v) is 12.7. The molecule has 19 heavy (non-hydrogen) atoms. The van der Waals surface area contributed by atoms with Gasteiger partial charge in [0.25, 0.3) is 0 Å². The lowest BCUT2D eigenvalue weighted by Gasteiger charge is -2.20. The fraction of sp³-hybridized carbons (Fsp3) is 0.562. The molecule has 0 amide bonds.